The first-order valence-corrected chi connectivity index (χ1v) is 9.04. The summed E-state index contributed by atoms with van der Waals surface area (Å²) in [5.74, 6) is -1.07. The van der Waals surface area contributed by atoms with Crippen LogP contribution in [0.1, 0.15) is 15.9 Å². The molecule has 0 radical (unpaired) electrons. The molecule has 5 nitrogen and oxygen atoms in total. The summed E-state index contributed by atoms with van der Waals surface area (Å²) in [4.78, 5) is 30.2. The van der Waals surface area contributed by atoms with Crippen molar-refractivity contribution >= 4 is 27.5 Å². The van der Waals surface area contributed by atoms with Gasteiger partial charge in [0.2, 0.25) is 0 Å². The number of rotatable bonds is 3. The fourth-order valence-electron chi connectivity index (χ4n) is 2.75. The zero-order valence-corrected chi connectivity index (χ0v) is 15.1. The van der Waals surface area contributed by atoms with Gasteiger partial charge in [-0.15, -0.1) is 11.3 Å². The summed E-state index contributed by atoms with van der Waals surface area (Å²) in [5.41, 5.74) is 4.31. The Balaban J connectivity index is 1.74. The minimum Gasteiger partial charge on any atom is -0.267 e. The van der Waals surface area contributed by atoms with Crippen LogP contribution in [0, 0.1) is 12.7 Å². The second-order valence-electron chi connectivity index (χ2n) is 6.02. The van der Waals surface area contributed by atoms with Crippen molar-refractivity contribution in [3.8, 4) is 11.1 Å². The molecule has 4 aromatic rings. The molecule has 0 atom stereocenters. The lowest BCUT2D eigenvalue weighted by Crippen LogP contribution is -2.33. The summed E-state index contributed by atoms with van der Waals surface area (Å²) >= 11 is 1.36. The number of fused-ring (bicyclic) bond motifs is 1. The van der Waals surface area contributed by atoms with Gasteiger partial charge in [0.25, 0.3) is 11.5 Å². The maximum Gasteiger partial charge on any atom is 0.281 e. The highest BCUT2D eigenvalue weighted by atomic mass is 32.1. The van der Waals surface area contributed by atoms with Crippen LogP contribution in [0.2, 0.25) is 0 Å². The molecule has 0 aliphatic rings. The molecule has 7 heteroatoms. The van der Waals surface area contributed by atoms with Crippen molar-refractivity contribution < 1.29 is 9.18 Å². The first-order valence-electron chi connectivity index (χ1n) is 8.16. The number of nitrogens with one attached hydrogen (secondary N) is 1. The third-order valence-electron chi connectivity index (χ3n) is 4.24. The van der Waals surface area contributed by atoms with E-state index in [0.29, 0.717) is 15.8 Å². The normalized spacial score (nSPS) is 10.9. The molecule has 134 valence electrons. The first kappa shape index (κ1) is 17.1. The molecule has 0 aliphatic heterocycles. The quantitative estimate of drug-likeness (QED) is 0.586. The zero-order chi connectivity index (χ0) is 19.0. The van der Waals surface area contributed by atoms with Gasteiger partial charge in [-0.25, -0.2) is 14.1 Å². The number of hydrogen-bond acceptors (Lipinski definition) is 4. The van der Waals surface area contributed by atoms with Crippen molar-refractivity contribution in [3.05, 3.63) is 87.5 Å². The zero-order valence-electron chi connectivity index (χ0n) is 14.3. The molecule has 2 aromatic heterocycles. The van der Waals surface area contributed by atoms with Crippen molar-refractivity contribution in [1.29, 1.82) is 0 Å². The number of aryl methyl sites for hydroxylation is 1. The maximum atomic E-state index is 13.7. The standard InChI is InChI=1S/C20H14FN3O2S/c1-12-7-8-14(9-16(12)21)18(25)23-24-11-22-19-17(20(24)26)15(10-27-19)13-5-3-2-4-6-13/h2-11H,1H3,(H,23,25). The Labute approximate surface area is 157 Å². The van der Waals surface area contributed by atoms with Crippen molar-refractivity contribution in [1.82, 2.24) is 9.66 Å². The van der Waals surface area contributed by atoms with E-state index >= 15 is 0 Å². The van der Waals surface area contributed by atoms with Crippen LogP contribution in [0.3, 0.4) is 0 Å². The average Bonchev–Trinajstić information content (AvgIpc) is 3.12. The van der Waals surface area contributed by atoms with Crippen molar-refractivity contribution in [2.24, 2.45) is 0 Å². The molecule has 0 aliphatic carbocycles. The molecular formula is C20H14FN3O2S. The number of carbonyl (C=O) groups is 1. The largest absolute Gasteiger partial charge is 0.281 e. The summed E-state index contributed by atoms with van der Waals surface area (Å²) in [5, 5.41) is 2.31. The summed E-state index contributed by atoms with van der Waals surface area (Å²) in [6, 6.07) is 13.7. The summed E-state index contributed by atoms with van der Waals surface area (Å²) in [7, 11) is 0. The van der Waals surface area contributed by atoms with Gasteiger partial charge >= 0.3 is 0 Å². The third kappa shape index (κ3) is 3.13. The molecule has 0 bridgehead atoms. The van der Waals surface area contributed by atoms with E-state index in [9.17, 15) is 14.0 Å². The van der Waals surface area contributed by atoms with Crippen LogP contribution in [0.4, 0.5) is 4.39 Å². The topological polar surface area (TPSA) is 64.0 Å². The van der Waals surface area contributed by atoms with E-state index in [-0.39, 0.29) is 11.1 Å². The van der Waals surface area contributed by atoms with E-state index in [1.165, 1.54) is 29.8 Å². The molecule has 1 N–H and O–H groups in total. The Bertz CT molecular complexity index is 1220. The van der Waals surface area contributed by atoms with Gasteiger partial charge < -0.3 is 0 Å². The van der Waals surface area contributed by atoms with Crippen LogP contribution < -0.4 is 11.0 Å². The number of amides is 1. The van der Waals surface area contributed by atoms with Crippen LogP contribution in [0.25, 0.3) is 21.3 Å². The minimum absolute atomic E-state index is 0.124. The van der Waals surface area contributed by atoms with Crippen molar-refractivity contribution in [2.75, 3.05) is 5.43 Å². The van der Waals surface area contributed by atoms with E-state index in [4.69, 9.17) is 0 Å². The molecule has 0 spiro atoms. The van der Waals surface area contributed by atoms with E-state index < -0.39 is 11.7 Å². The van der Waals surface area contributed by atoms with E-state index in [1.807, 2.05) is 35.7 Å². The Morgan fingerprint density at radius 2 is 1.96 bits per heavy atom. The monoisotopic (exact) mass is 379 g/mol. The number of nitrogens with zero attached hydrogens (tertiary/aromatic N) is 2. The lowest BCUT2D eigenvalue weighted by atomic mass is 10.1. The lowest BCUT2D eigenvalue weighted by Gasteiger charge is -2.09. The van der Waals surface area contributed by atoms with Crippen LogP contribution in [0.15, 0.2) is 65.0 Å². The van der Waals surface area contributed by atoms with Crippen molar-refractivity contribution in [2.45, 2.75) is 6.92 Å². The predicted octanol–water partition coefficient (Wildman–Crippen LogP) is 3.96. The van der Waals surface area contributed by atoms with Crippen LogP contribution in [0.5, 0.6) is 0 Å². The molecule has 2 aromatic carbocycles. The van der Waals surface area contributed by atoms with Crippen LogP contribution in [-0.4, -0.2) is 15.6 Å². The van der Waals surface area contributed by atoms with Crippen LogP contribution in [-0.2, 0) is 0 Å². The SMILES string of the molecule is Cc1ccc(C(=O)Nn2cnc3scc(-c4ccccc4)c3c2=O)cc1F. The molecule has 1 amide bonds. The molecule has 2 heterocycles. The second kappa shape index (κ2) is 6.77. The number of thiophene rings is 1. The highest BCUT2D eigenvalue weighted by Crippen LogP contribution is 2.30. The third-order valence-corrected chi connectivity index (χ3v) is 5.12. The molecule has 27 heavy (non-hydrogen) atoms. The van der Waals surface area contributed by atoms with Gasteiger partial charge in [0.15, 0.2) is 0 Å². The van der Waals surface area contributed by atoms with Gasteiger partial charge in [-0.05, 0) is 30.2 Å². The average molecular weight is 379 g/mol. The predicted molar refractivity (Wildman–Crippen MR) is 104 cm³/mol. The Kier molecular flexibility index (Phi) is 4.29. The Hall–Kier alpha value is -3.32. The van der Waals surface area contributed by atoms with E-state index in [2.05, 4.69) is 10.4 Å². The number of aromatic nitrogens is 2. The summed E-state index contributed by atoms with van der Waals surface area (Å²) in [6.07, 6.45) is 1.26. The van der Waals surface area contributed by atoms with E-state index in [0.717, 1.165) is 21.9 Å². The Morgan fingerprint density at radius 1 is 1.19 bits per heavy atom. The van der Waals surface area contributed by atoms with Gasteiger partial charge in [0, 0.05) is 16.5 Å². The van der Waals surface area contributed by atoms with Gasteiger partial charge in [0.1, 0.15) is 17.0 Å². The van der Waals surface area contributed by atoms with Crippen molar-refractivity contribution in [3.63, 3.8) is 0 Å². The lowest BCUT2D eigenvalue weighted by molar-refractivity contribution is 0.101. The fraction of sp³-hybridized carbons (Fsp3) is 0.0500. The highest BCUT2D eigenvalue weighted by Gasteiger charge is 2.15. The van der Waals surface area contributed by atoms with Gasteiger partial charge in [-0.3, -0.25) is 15.0 Å². The van der Waals surface area contributed by atoms with Gasteiger partial charge in [0.05, 0.1) is 5.39 Å². The number of halogens is 1. The maximum absolute atomic E-state index is 13.7. The summed E-state index contributed by atoms with van der Waals surface area (Å²) < 4.78 is 14.7. The first-order chi connectivity index (χ1) is 13.0. The minimum atomic E-state index is -0.589. The number of carbonyl (C=O) groups excluding carboxylic acids is 1. The molecule has 0 fully saturated rings. The number of benzene rings is 2. The molecule has 0 saturated heterocycles. The molecular weight excluding hydrogens is 365 g/mol. The molecule has 0 saturated carbocycles. The summed E-state index contributed by atoms with van der Waals surface area (Å²) in [6.45, 7) is 1.61. The highest BCUT2D eigenvalue weighted by molar-refractivity contribution is 7.17. The smallest absolute Gasteiger partial charge is 0.267 e. The second-order valence-corrected chi connectivity index (χ2v) is 6.88. The fourth-order valence-corrected chi connectivity index (χ4v) is 3.66. The van der Waals surface area contributed by atoms with Crippen LogP contribution >= 0.6 is 11.3 Å². The Morgan fingerprint density at radius 3 is 2.70 bits per heavy atom. The molecule has 4 rings (SSSR count). The molecule has 0 unspecified atom stereocenters. The van der Waals surface area contributed by atoms with Gasteiger partial charge in [-0.2, -0.15) is 0 Å². The van der Waals surface area contributed by atoms with E-state index in [1.54, 1.807) is 6.92 Å². The number of hydrogen-bond donors (Lipinski definition) is 1. The van der Waals surface area contributed by atoms with Gasteiger partial charge in [-0.1, -0.05) is 36.4 Å².